The van der Waals surface area contributed by atoms with Crippen LogP contribution in [-0.4, -0.2) is 17.3 Å². The van der Waals surface area contributed by atoms with Crippen LogP contribution < -0.4 is 5.32 Å². The van der Waals surface area contributed by atoms with E-state index in [2.05, 4.69) is 26.1 Å². The van der Waals surface area contributed by atoms with Crippen molar-refractivity contribution in [1.29, 1.82) is 0 Å². The molecule has 16 heavy (non-hydrogen) atoms. The molecule has 0 saturated heterocycles. The summed E-state index contributed by atoms with van der Waals surface area (Å²) < 4.78 is 0. The van der Waals surface area contributed by atoms with Gasteiger partial charge in [-0.1, -0.05) is 40.0 Å². The minimum absolute atomic E-state index is 0.0522. The van der Waals surface area contributed by atoms with Crippen molar-refractivity contribution in [2.45, 2.75) is 70.7 Å². The van der Waals surface area contributed by atoms with E-state index in [1.54, 1.807) is 0 Å². The van der Waals surface area contributed by atoms with Crippen LogP contribution in [0.3, 0.4) is 0 Å². The molecule has 0 aromatic heterocycles. The summed E-state index contributed by atoms with van der Waals surface area (Å²) >= 11 is 6.29. The van der Waals surface area contributed by atoms with Gasteiger partial charge >= 0.3 is 0 Å². The van der Waals surface area contributed by atoms with Gasteiger partial charge in [0.1, 0.15) is 0 Å². The molecule has 0 aromatic carbocycles. The fourth-order valence-electron chi connectivity index (χ4n) is 2.16. The molecule has 2 unspecified atom stereocenters. The molecule has 1 fully saturated rings. The molecule has 1 amide bonds. The van der Waals surface area contributed by atoms with Gasteiger partial charge in [0.25, 0.3) is 0 Å². The van der Waals surface area contributed by atoms with Gasteiger partial charge in [0, 0.05) is 12.5 Å². The zero-order valence-corrected chi connectivity index (χ0v) is 11.4. The number of amides is 1. The summed E-state index contributed by atoms with van der Waals surface area (Å²) in [6, 6.07) is 0.180. The van der Waals surface area contributed by atoms with Gasteiger partial charge in [-0.2, -0.15) is 0 Å². The van der Waals surface area contributed by atoms with Crippen LogP contribution in [0.5, 0.6) is 0 Å². The zero-order chi connectivity index (χ0) is 12.2. The fourth-order valence-corrected chi connectivity index (χ4v) is 2.51. The maximum Gasteiger partial charge on any atom is 0.220 e. The average molecular weight is 246 g/mol. The molecule has 0 spiro atoms. The third-order valence-corrected chi connectivity index (χ3v) is 3.49. The Morgan fingerprint density at radius 2 is 1.88 bits per heavy atom. The van der Waals surface area contributed by atoms with Crippen LogP contribution >= 0.6 is 11.6 Å². The molecule has 0 aliphatic heterocycles. The van der Waals surface area contributed by atoms with Crippen LogP contribution in [0.1, 0.15) is 59.3 Å². The Morgan fingerprint density at radius 3 is 2.50 bits per heavy atom. The number of hydrogen-bond donors (Lipinski definition) is 1. The van der Waals surface area contributed by atoms with Crippen LogP contribution in [-0.2, 0) is 4.79 Å². The summed E-state index contributed by atoms with van der Waals surface area (Å²) in [6.45, 7) is 6.24. The van der Waals surface area contributed by atoms with Gasteiger partial charge in [-0.05, 0) is 18.3 Å². The number of halogens is 1. The molecule has 0 bridgehead atoms. The van der Waals surface area contributed by atoms with Crippen molar-refractivity contribution in [2.24, 2.45) is 5.41 Å². The lowest BCUT2D eigenvalue weighted by Crippen LogP contribution is -2.41. The number of alkyl halides is 1. The van der Waals surface area contributed by atoms with E-state index >= 15 is 0 Å². The summed E-state index contributed by atoms with van der Waals surface area (Å²) in [5, 5.41) is 3.21. The second kappa shape index (κ2) is 5.90. The average Bonchev–Trinajstić information content (AvgIpc) is 2.29. The molecule has 2 atom stereocenters. The second-order valence-electron chi connectivity index (χ2n) is 6.07. The molecule has 94 valence electrons. The van der Waals surface area contributed by atoms with Gasteiger partial charge in [-0.3, -0.25) is 4.79 Å². The van der Waals surface area contributed by atoms with Crippen molar-refractivity contribution in [3.8, 4) is 0 Å². The number of rotatable bonds is 2. The topological polar surface area (TPSA) is 29.1 Å². The molecular formula is C13H24ClNO. The first-order valence-corrected chi connectivity index (χ1v) is 6.75. The molecule has 1 N–H and O–H groups in total. The lowest BCUT2D eigenvalue weighted by molar-refractivity contribution is -0.123. The summed E-state index contributed by atoms with van der Waals surface area (Å²) in [6.07, 6.45) is 6.26. The Kier molecular flexibility index (Phi) is 5.10. The molecular weight excluding hydrogens is 222 g/mol. The van der Waals surface area contributed by atoms with E-state index in [-0.39, 0.29) is 22.7 Å². The number of carbonyl (C=O) groups excluding carboxylic acids is 1. The van der Waals surface area contributed by atoms with E-state index in [0.717, 1.165) is 12.8 Å². The molecule has 3 heteroatoms. The number of hydrogen-bond acceptors (Lipinski definition) is 1. The highest BCUT2D eigenvalue weighted by molar-refractivity contribution is 6.21. The Morgan fingerprint density at radius 1 is 1.25 bits per heavy atom. The third kappa shape index (κ3) is 5.20. The van der Waals surface area contributed by atoms with Gasteiger partial charge in [-0.15, -0.1) is 11.6 Å². The van der Waals surface area contributed by atoms with Crippen LogP contribution in [0.2, 0.25) is 0 Å². The molecule has 0 radical (unpaired) electrons. The lowest BCUT2D eigenvalue weighted by Gasteiger charge is -2.24. The number of carbonyl (C=O) groups is 1. The highest BCUT2D eigenvalue weighted by Crippen LogP contribution is 2.23. The van der Waals surface area contributed by atoms with Gasteiger partial charge in [0.15, 0.2) is 0 Å². The van der Waals surface area contributed by atoms with Crippen molar-refractivity contribution in [2.75, 3.05) is 0 Å². The Bertz CT molecular complexity index is 235. The Balaban J connectivity index is 2.42. The first kappa shape index (κ1) is 13.8. The molecule has 0 aromatic rings. The first-order valence-electron chi connectivity index (χ1n) is 6.32. The molecule has 1 aliphatic rings. The van der Waals surface area contributed by atoms with Crippen molar-refractivity contribution in [3.05, 3.63) is 0 Å². The monoisotopic (exact) mass is 245 g/mol. The zero-order valence-electron chi connectivity index (χ0n) is 10.7. The maximum absolute atomic E-state index is 11.8. The van der Waals surface area contributed by atoms with E-state index in [4.69, 9.17) is 11.6 Å². The van der Waals surface area contributed by atoms with E-state index in [0.29, 0.717) is 6.42 Å². The van der Waals surface area contributed by atoms with Crippen LogP contribution in [0, 0.1) is 5.41 Å². The van der Waals surface area contributed by atoms with E-state index in [9.17, 15) is 4.79 Å². The SMILES string of the molecule is CC(C)(C)CC(=O)NC1CCCCCC1Cl. The lowest BCUT2D eigenvalue weighted by atomic mass is 9.91. The minimum atomic E-state index is 0.0522. The van der Waals surface area contributed by atoms with Crippen LogP contribution in [0.25, 0.3) is 0 Å². The summed E-state index contributed by atoms with van der Waals surface area (Å²) in [7, 11) is 0. The second-order valence-corrected chi connectivity index (χ2v) is 6.63. The van der Waals surface area contributed by atoms with Gasteiger partial charge in [0.2, 0.25) is 5.91 Å². The van der Waals surface area contributed by atoms with Crippen LogP contribution in [0.4, 0.5) is 0 Å². The van der Waals surface area contributed by atoms with Crippen molar-refractivity contribution >= 4 is 17.5 Å². The van der Waals surface area contributed by atoms with E-state index < -0.39 is 0 Å². The predicted octanol–water partition coefficient (Wildman–Crippen LogP) is 3.48. The Hall–Kier alpha value is -0.240. The van der Waals surface area contributed by atoms with Crippen LogP contribution in [0.15, 0.2) is 0 Å². The minimum Gasteiger partial charge on any atom is -0.352 e. The predicted molar refractivity (Wildman–Crippen MR) is 68.7 cm³/mol. The van der Waals surface area contributed by atoms with Gasteiger partial charge < -0.3 is 5.32 Å². The fraction of sp³-hybridized carbons (Fsp3) is 0.923. The maximum atomic E-state index is 11.8. The summed E-state index contributed by atoms with van der Waals surface area (Å²) in [5.41, 5.74) is 0.0522. The van der Waals surface area contributed by atoms with Crippen molar-refractivity contribution in [3.63, 3.8) is 0 Å². The Labute approximate surface area is 104 Å². The summed E-state index contributed by atoms with van der Waals surface area (Å²) in [4.78, 5) is 11.8. The highest BCUT2D eigenvalue weighted by Gasteiger charge is 2.24. The van der Waals surface area contributed by atoms with E-state index in [1.807, 2.05) is 0 Å². The van der Waals surface area contributed by atoms with Gasteiger partial charge in [-0.25, -0.2) is 0 Å². The standard InChI is InChI=1S/C13H24ClNO/c1-13(2,3)9-12(16)15-11-8-6-4-5-7-10(11)14/h10-11H,4-9H2,1-3H3,(H,15,16). The largest absolute Gasteiger partial charge is 0.352 e. The third-order valence-electron chi connectivity index (χ3n) is 2.97. The quantitative estimate of drug-likeness (QED) is 0.586. The first-order chi connectivity index (χ1) is 7.38. The molecule has 2 nitrogen and oxygen atoms in total. The normalized spacial score (nSPS) is 27.2. The number of nitrogens with one attached hydrogen (secondary N) is 1. The highest BCUT2D eigenvalue weighted by atomic mass is 35.5. The van der Waals surface area contributed by atoms with Crippen molar-refractivity contribution < 1.29 is 4.79 Å². The van der Waals surface area contributed by atoms with E-state index in [1.165, 1.54) is 19.3 Å². The smallest absolute Gasteiger partial charge is 0.220 e. The molecule has 1 saturated carbocycles. The molecule has 0 heterocycles. The summed E-state index contributed by atoms with van der Waals surface area (Å²) in [5.74, 6) is 0.144. The molecule has 1 rings (SSSR count). The molecule has 1 aliphatic carbocycles. The van der Waals surface area contributed by atoms with Gasteiger partial charge in [0.05, 0.1) is 5.38 Å². The van der Waals surface area contributed by atoms with Crippen molar-refractivity contribution in [1.82, 2.24) is 5.32 Å².